The van der Waals surface area contributed by atoms with E-state index in [9.17, 15) is 9.18 Å². The summed E-state index contributed by atoms with van der Waals surface area (Å²) >= 11 is 11.6. The Kier molecular flexibility index (Phi) is 3.69. The first-order valence-corrected chi connectivity index (χ1v) is 6.01. The fourth-order valence-corrected chi connectivity index (χ4v) is 1.92. The van der Waals surface area contributed by atoms with Crippen molar-refractivity contribution < 1.29 is 9.18 Å². The molecule has 0 heterocycles. The first-order chi connectivity index (χ1) is 8.50. The molecule has 2 rings (SSSR count). The standard InChI is InChI=1S/C14H9Cl2FO/c1-8-5-6-9(7-12(8)16)14(18)10-3-2-4-11(15)13(10)17/h2-7H,1H3. The fraction of sp³-hybridized carbons (Fsp3) is 0.0714. The van der Waals surface area contributed by atoms with Crippen molar-refractivity contribution in [1.82, 2.24) is 0 Å². The highest BCUT2D eigenvalue weighted by atomic mass is 35.5. The molecule has 0 aromatic heterocycles. The van der Waals surface area contributed by atoms with Gasteiger partial charge in [-0.2, -0.15) is 0 Å². The van der Waals surface area contributed by atoms with E-state index in [1.807, 2.05) is 6.92 Å². The highest BCUT2D eigenvalue weighted by Gasteiger charge is 2.16. The van der Waals surface area contributed by atoms with Crippen LogP contribution in [0.4, 0.5) is 4.39 Å². The summed E-state index contributed by atoms with van der Waals surface area (Å²) in [5.74, 6) is -1.14. The molecule has 18 heavy (non-hydrogen) atoms. The smallest absolute Gasteiger partial charge is 0.196 e. The van der Waals surface area contributed by atoms with Gasteiger partial charge in [0.2, 0.25) is 0 Å². The Labute approximate surface area is 114 Å². The van der Waals surface area contributed by atoms with Crippen LogP contribution < -0.4 is 0 Å². The summed E-state index contributed by atoms with van der Waals surface area (Å²) in [6, 6.07) is 9.20. The Morgan fingerprint density at radius 2 is 1.83 bits per heavy atom. The van der Waals surface area contributed by atoms with E-state index in [1.54, 1.807) is 12.1 Å². The van der Waals surface area contributed by atoms with E-state index in [0.717, 1.165) is 5.56 Å². The number of carbonyl (C=O) groups is 1. The van der Waals surface area contributed by atoms with E-state index in [-0.39, 0.29) is 10.6 Å². The van der Waals surface area contributed by atoms with Gasteiger partial charge in [-0.15, -0.1) is 0 Å². The zero-order chi connectivity index (χ0) is 13.3. The lowest BCUT2D eigenvalue weighted by Crippen LogP contribution is -2.04. The minimum atomic E-state index is -0.708. The Morgan fingerprint density at radius 3 is 2.50 bits per heavy atom. The maximum atomic E-state index is 13.7. The van der Waals surface area contributed by atoms with Crippen LogP contribution in [-0.2, 0) is 0 Å². The second-order valence-electron chi connectivity index (χ2n) is 3.89. The molecular formula is C14H9Cl2FO. The van der Waals surface area contributed by atoms with Gasteiger partial charge in [-0.3, -0.25) is 4.79 Å². The van der Waals surface area contributed by atoms with Gasteiger partial charge >= 0.3 is 0 Å². The topological polar surface area (TPSA) is 17.1 Å². The molecule has 0 aliphatic heterocycles. The second-order valence-corrected chi connectivity index (χ2v) is 4.71. The molecule has 92 valence electrons. The quantitative estimate of drug-likeness (QED) is 0.732. The summed E-state index contributed by atoms with van der Waals surface area (Å²) in [5.41, 5.74) is 1.15. The number of halogens is 3. The predicted octanol–water partition coefficient (Wildman–Crippen LogP) is 4.67. The Morgan fingerprint density at radius 1 is 1.11 bits per heavy atom. The molecule has 0 fully saturated rings. The van der Waals surface area contributed by atoms with Gasteiger partial charge in [-0.25, -0.2) is 4.39 Å². The number of hydrogen-bond acceptors (Lipinski definition) is 1. The maximum absolute atomic E-state index is 13.7. The number of aryl methyl sites for hydroxylation is 1. The molecule has 0 spiro atoms. The normalized spacial score (nSPS) is 10.4. The van der Waals surface area contributed by atoms with Gasteiger partial charge in [-0.05, 0) is 30.7 Å². The average Bonchev–Trinajstić information content (AvgIpc) is 2.35. The second kappa shape index (κ2) is 5.09. The zero-order valence-corrected chi connectivity index (χ0v) is 11.0. The van der Waals surface area contributed by atoms with Crippen molar-refractivity contribution in [2.75, 3.05) is 0 Å². The summed E-state index contributed by atoms with van der Waals surface area (Å²) in [6.45, 7) is 1.83. The van der Waals surface area contributed by atoms with Gasteiger partial charge in [-0.1, -0.05) is 41.4 Å². The van der Waals surface area contributed by atoms with Gasteiger partial charge in [0, 0.05) is 10.6 Å². The van der Waals surface area contributed by atoms with Crippen molar-refractivity contribution >= 4 is 29.0 Å². The third kappa shape index (κ3) is 2.40. The predicted molar refractivity (Wildman–Crippen MR) is 71.0 cm³/mol. The van der Waals surface area contributed by atoms with E-state index >= 15 is 0 Å². The van der Waals surface area contributed by atoms with Crippen LogP contribution in [0.25, 0.3) is 0 Å². The molecule has 0 radical (unpaired) electrons. The Bertz CT molecular complexity index is 623. The van der Waals surface area contributed by atoms with Gasteiger partial charge in [0.15, 0.2) is 11.6 Å². The van der Waals surface area contributed by atoms with Crippen LogP contribution in [0.1, 0.15) is 21.5 Å². The van der Waals surface area contributed by atoms with Crippen LogP contribution >= 0.6 is 23.2 Å². The van der Waals surface area contributed by atoms with E-state index < -0.39 is 11.6 Å². The summed E-state index contributed by atoms with van der Waals surface area (Å²) in [7, 11) is 0. The molecule has 0 saturated heterocycles. The molecule has 4 heteroatoms. The third-order valence-electron chi connectivity index (χ3n) is 2.63. The molecule has 1 nitrogen and oxygen atoms in total. The van der Waals surface area contributed by atoms with Gasteiger partial charge in [0.05, 0.1) is 10.6 Å². The fourth-order valence-electron chi connectivity index (χ4n) is 1.57. The van der Waals surface area contributed by atoms with Gasteiger partial charge < -0.3 is 0 Å². The first kappa shape index (κ1) is 13.1. The van der Waals surface area contributed by atoms with E-state index in [0.29, 0.717) is 10.6 Å². The number of rotatable bonds is 2. The van der Waals surface area contributed by atoms with Crippen LogP contribution in [0.3, 0.4) is 0 Å². The van der Waals surface area contributed by atoms with Crippen LogP contribution in [0.2, 0.25) is 10.0 Å². The van der Waals surface area contributed by atoms with Crippen LogP contribution in [0.5, 0.6) is 0 Å². The van der Waals surface area contributed by atoms with E-state index in [1.165, 1.54) is 24.3 Å². The lowest BCUT2D eigenvalue weighted by Gasteiger charge is -2.05. The number of carbonyl (C=O) groups excluding carboxylic acids is 1. The molecule has 0 aliphatic rings. The third-order valence-corrected chi connectivity index (χ3v) is 3.33. The van der Waals surface area contributed by atoms with Crippen molar-refractivity contribution in [2.24, 2.45) is 0 Å². The molecule has 0 aliphatic carbocycles. The number of ketones is 1. The maximum Gasteiger partial charge on any atom is 0.196 e. The van der Waals surface area contributed by atoms with Gasteiger partial charge in [0.25, 0.3) is 0 Å². The zero-order valence-electron chi connectivity index (χ0n) is 9.51. The SMILES string of the molecule is Cc1ccc(C(=O)c2cccc(Cl)c2F)cc1Cl. The van der Waals surface area contributed by atoms with Gasteiger partial charge in [0.1, 0.15) is 0 Å². The molecule has 0 amide bonds. The molecule has 2 aromatic carbocycles. The average molecular weight is 283 g/mol. The largest absolute Gasteiger partial charge is 0.288 e. The van der Waals surface area contributed by atoms with Crippen molar-refractivity contribution in [3.8, 4) is 0 Å². The van der Waals surface area contributed by atoms with Crippen molar-refractivity contribution in [3.63, 3.8) is 0 Å². The highest BCUT2D eigenvalue weighted by molar-refractivity contribution is 6.32. The summed E-state index contributed by atoms with van der Waals surface area (Å²) in [6.07, 6.45) is 0. The van der Waals surface area contributed by atoms with Crippen LogP contribution in [0.15, 0.2) is 36.4 Å². The molecular weight excluding hydrogens is 274 g/mol. The monoisotopic (exact) mass is 282 g/mol. The number of hydrogen-bond donors (Lipinski definition) is 0. The molecule has 2 aromatic rings. The minimum absolute atomic E-state index is 0.0533. The van der Waals surface area contributed by atoms with E-state index in [4.69, 9.17) is 23.2 Å². The van der Waals surface area contributed by atoms with Crippen LogP contribution in [-0.4, -0.2) is 5.78 Å². The number of benzene rings is 2. The summed E-state index contributed by atoms with van der Waals surface area (Å²) in [4.78, 5) is 12.1. The molecule has 0 unspecified atom stereocenters. The molecule has 0 bridgehead atoms. The highest BCUT2D eigenvalue weighted by Crippen LogP contribution is 2.23. The summed E-state index contributed by atoms with van der Waals surface area (Å²) in [5, 5.41) is 0.405. The van der Waals surface area contributed by atoms with Crippen LogP contribution in [0, 0.1) is 12.7 Å². The molecule has 0 N–H and O–H groups in total. The molecule has 0 atom stereocenters. The molecule has 0 saturated carbocycles. The summed E-state index contributed by atoms with van der Waals surface area (Å²) < 4.78 is 13.7. The Hall–Kier alpha value is -1.38. The minimum Gasteiger partial charge on any atom is -0.288 e. The van der Waals surface area contributed by atoms with Crippen molar-refractivity contribution in [3.05, 3.63) is 69.0 Å². The van der Waals surface area contributed by atoms with Crippen molar-refractivity contribution in [1.29, 1.82) is 0 Å². The lowest BCUT2D eigenvalue weighted by atomic mass is 10.0. The lowest BCUT2D eigenvalue weighted by molar-refractivity contribution is 0.103. The first-order valence-electron chi connectivity index (χ1n) is 5.25. The van der Waals surface area contributed by atoms with E-state index in [2.05, 4.69) is 0 Å². The Balaban J connectivity index is 2.48. The van der Waals surface area contributed by atoms with Crippen molar-refractivity contribution in [2.45, 2.75) is 6.92 Å².